The number of ether oxygens (including phenoxy) is 1. The Balaban J connectivity index is 3.27. The molecule has 0 spiro atoms. The molecule has 0 aromatic heterocycles. The first-order chi connectivity index (χ1) is 7.31. The predicted octanol–water partition coefficient (Wildman–Crippen LogP) is 2.37. The van der Waals surface area contributed by atoms with Crippen LogP contribution in [0.4, 0.5) is 0 Å². The van der Waals surface area contributed by atoms with Crippen molar-refractivity contribution in [3.8, 4) is 0 Å². The molecule has 0 heterocycles. The summed E-state index contributed by atoms with van der Waals surface area (Å²) in [6, 6.07) is 0. The molecule has 0 bridgehead atoms. The van der Waals surface area contributed by atoms with Crippen LogP contribution in [0, 0.1) is 0 Å². The highest BCUT2D eigenvalue weighted by Gasteiger charge is 1.91. The minimum absolute atomic E-state index is 0.181. The summed E-state index contributed by atoms with van der Waals surface area (Å²) in [5.74, 6) is -0.367. The molecule has 0 amide bonds. The lowest BCUT2D eigenvalue weighted by Crippen LogP contribution is -2.00. The van der Waals surface area contributed by atoms with Crippen LogP contribution >= 0.6 is 0 Å². The van der Waals surface area contributed by atoms with E-state index in [9.17, 15) is 4.79 Å². The van der Waals surface area contributed by atoms with E-state index in [4.69, 9.17) is 9.62 Å². The highest BCUT2D eigenvalue weighted by atomic mass is 17.2. The van der Waals surface area contributed by atoms with E-state index in [1.165, 1.54) is 12.3 Å². The zero-order valence-corrected chi connectivity index (χ0v) is 9.27. The van der Waals surface area contributed by atoms with Crippen LogP contribution in [0.25, 0.3) is 0 Å². The van der Waals surface area contributed by atoms with Crippen LogP contribution in [-0.4, -0.2) is 19.2 Å². The third-order valence-electron chi connectivity index (χ3n) is 1.43. The summed E-state index contributed by atoms with van der Waals surface area (Å²) in [6.07, 6.45) is 7.92. The van der Waals surface area contributed by atoms with Crippen LogP contribution in [-0.2, 0) is 19.3 Å². The molecule has 0 aliphatic heterocycles. The Bertz CT molecular complexity index is 209. The Morgan fingerprint density at radius 1 is 1.40 bits per heavy atom. The van der Waals surface area contributed by atoms with Gasteiger partial charge in [-0.15, -0.1) is 0 Å². The molecule has 0 saturated heterocycles. The molecule has 0 fully saturated rings. The SMILES string of the molecule is C/C=C/C(=O)OCC=COOCCCC. The average Bonchev–Trinajstić information content (AvgIpc) is 2.22. The zero-order valence-electron chi connectivity index (χ0n) is 9.27. The molecule has 4 nitrogen and oxygen atoms in total. The van der Waals surface area contributed by atoms with E-state index in [0.717, 1.165) is 12.8 Å². The highest BCUT2D eigenvalue weighted by molar-refractivity contribution is 5.81. The molecule has 0 atom stereocenters. The molecule has 0 aromatic carbocycles. The fourth-order valence-corrected chi connectivity index (χ4v) is 0.684. The van der Waals surface area contributed by atoms with Gasteiger partial charge in [-0.25, -0.2) is 4.79 Å². The second-order valence-electron chi connectivity index (χ2n) is 2.77. The average molecular weight is 214 g/mol. The van der Waals surface area contributed by atoms with Gasteiger partial charge in [0.15, 0.2) is 0 Å². The van der Waals surface area contributed by atoms with Crippen molar-refractivity contribution < 1.29 is 19.3 Å². The lowest BCUT2D eigenvalue weighted by molar-refractivity contribution is -0.249. The summed E-state index contributed by atoms with van der Waals surface area (Å²) in [5.41, 5.74) is 0. The van der Waals surface area contributed by atoms with Crippen LogP contribution in [0.1, 0.15) is 26.7 Å². The van der Waals surface area contributed by atoms with Gasteiger partial charge in [0.2, 0.25) is 0 Å². The lowest BCUT2D eigenvalue weighted by Gasteiger charge is -1.98. The number of esters is 1. The van der Waals surface area contributed by atoms with Gasteiger partial charge < -0.3 is 9.62 Å². The fourth-order valence-electron chi connectivity index (χ4n) is 0.684. The van der Waals surface area contributed by atoms with Gasteiger partial charge >= 0.3 is 5.97 Å². The van der Waals surface area contributed by atoms with Crippen LogP contribution in [0.5, 0.6) is 0 Å². The van der Waals surface area contributed by atoms with Gasteiger partial charge in [0.05, 0.1) is 6.61 Å². The Morgan fingerprint density at radius 2 is 2.20 bits per heavy atom. The number of carbonyl (C=O) groups is 1. The summed E-state index contributed by atoms with van der Waals surface area (Å²) in [6.45, 7) is 4.57. The molecule has 15 heavy (non-hydrogen) atoms. The number of hydrogen-bond acceptors (Lipinski definition) is 4. The van der Waals surface area contributed by atoms with Gasteiger partial charge in [-0.05, 0) is 19.4 Å². The number of unbranched alkanes of at least 4 members (excludes halogenated alkanes) is 1. The Hall–Kier alpha value is -1.29. The molecule has 0 radical (unpaired) electrons. The minimum Gasteiger partial charge on any atom is -0.458 e. The van der Waals surface area contributed by atoms with E-state index in [2.05, 4.69) is 11.8 Å². The normalized spacial score (nSPS) is 11.1. The number of hydrogen-bond donors (Lipinski definition) is 0. The first kappa shape index (κ1) is 13.7. The molecule has 0 aromatic rings. The van der Waals surface area contributed by atoms with Crippen LogP contribution in [0.2, 0.25) is 0 Å². The second kappa shape index (κ2) is 10.8. The Morgan fingerprint density at radius 3 is 2.87 bits per heavy atom. The molecule has 4 heteroatoms. The molecule has 86 valence electrons. The summed E-state index contributed by atoms with van der Waals surface area (Å²) < 4.78 is 4.76. The van der Waals surface area contributed by atoms with Crippen molar-refractivity contribution in [1.82, 2.24) is 0 Å². The maximum absolute atomic E-state index is 10.8. The van der Waals surface area contributed by atoms with Gasteiger partial charge in [0.1, 0.15) is 12.9 Å². The second-order valence-corrected chi connectivity index (χ2v) is 2.77. The molecular weight excluding hydrogens is 196 g/mol. The molecular formula is C11H18O4. The predicted molar refractivity (Wildman–Crippen MR) is 56.9 cm³/mol. The molecule has 0 rings (SSSR count). The van der Waals surface area contributed by atoms with E-state index in [0.29, 0.717) is 6.61 Å². The van der Waals surface area contributed by atoms with Gasteiger partial charge in [0, 0.05) is 6.08 Å². The summed E-state index contributed by atoms with van der Waals surface area (Å²) in [7, 11) is 0. The van der Waals surface area contributed by atoms with Crippen molar-refractivity contribution in [2.24, 2.45) is 0 Å². The Kier molecular flexibility index (Phi) is 9.86. The smallest absolute Gasteiger partial charge is 0.330 e. The maximum atomic E-state index is 10.8. The maximum Gasteiger partial charge on any atom is 0.330 e. The topological polar surface area (TPSA) is 44.8 Å². The summed E-state index contributed by atoms with van der Waals surface area (Å²) in [4.78, 5) is 20.3. The van der Waals surface area contributed by atoms with E-state index in [-0.39, 0.29) is 12.6 Å². The lowest BCUT2D eigenvalue weighted by atomic mass is 10.4. The van der Waals surface area contributed by atoms with Crippen molar-refractivity contribution in [2.75, 3.05) is 13.2 Å². The van der Waals surface area contributed by atoms with Gasteiger partial charge in [-0.3, -0.25) is 0 Å². The third kappa shape index (κ3) is 10.6. The first-order valence-corrected chi connectivity index (χ1v) is 5.04. The monoisotopic (exact) mass is 214 g/mol. The van der Waals surface area contributed by atoms with Crippen LogP contribution < -0.4 is 0 Å². The third-order valence-corrected chi connectivity index (χ3v) is 1.43. The molecule has 0 unspecified atom stereocenters. The van der Waals surface area contributed by atoms with Gasteiger partial charge in [0.25, 0.3) is 0 Å². The van der Waals surface area contributed by atoms with Crippen molar-refractivity contribution in [2.45, 2.75) is 26.7 Å². The number of rotatable bonds is 8. The molecule has 0 aliphatic carbocycles. The van der Waals surface area contributed by atoms with Crippen molar-refractivity contribution in [3.63, 3.8) is 0 Å². The van der Waals surface area contributed by atoms with Crippen LogP contribution in [0.3, 0.4) is 0 Å². The number of allylic oxidation sites excluding steroid dienone is 1. The fraction of sp³-hybridized carbons (Fsp3) is 0.545. The summed E-state index contributed by atoms with van der Waals surface area (Å²) >= 11 is 0. The van der Waals surface area contributed by atoms with Gasteiger partial charge in [-0.1, -0.05) is 19.4 Å². The number of carbonyl (C=O) groups excluding carboxylic acids is 1. The van der Waals surface area contributed by atoms with E-state index < -0.39 is 0 Å². The zero-order chi connectivity index (χ0) is 11.4. The molecule has 0 aliphatic rings. The first-order valence-electron chi connectivity index (χ1n) is 5.04. The minimum atomic E-state index is -0.367. The van der Waals surface area contributed by atoms with Gasteiger partial charge in [-0.2, -0.15) is 4.89 Å². The molecule has 0 N–H and O–H groups in total. The van der Waals surface area contributed by atoms with E-state index >= 15 is 0 Å². The van der Waals surface area contributed by atoms with Crippen LogP contribution in [0.15, 0.2) is 24.5 Å². The van der Waals surface area contributed by atoms with Crippen molar-refractivity contribution in [1.29, 1.82) is 0 Å². The molecule has 0 saturated carbocycles. The largest absolute Gasteiger partial charge is 0.458 e. The van der Waals surface area contributed by atoms with Crippen molar-refractivity contribution >= 4 is 5.97 Å². The quantitative estimate of drug-likeness (QED) is 0.155. The van der Waals surface area contributed by atoms with Crippen molar-refractivity contribution in [3.05, 3.63) is 24.5 Å². The van der Waals surface area contributed by atoms with E-state index in [1.54, 1.807) is 19.1 Å². The summed E-state index contributed by atoms with van der Waals surface area (Å²) in [5, 5.41) is 0. The van der Waals surface area contributed by atoms with E-state index in [1.807, 2.05) is 0 Å². The highest BCUT2D eigenvalue weighted by Crippen LogP contribution is 1.90. The Labute approximate surface area is 90.4 Å². The standard InChI is InChI=1S/C11H18O4/c1-3-5-9-14-15-10-6-8-13-11(12)7-4-2/h4,6-7,10H,3,5,8-9H2,1-2H3/b7-4+,10-6?.